The van der Waals surface area contributed by atoms with Crippen molar-refractivity contribution in [3.63, 3.8) is 0 Å². The second kappa shape index (κ2) is 12.9. The molecular formula is C34H36F3N3O2S. The average molecular weight is 608 g/mol. The molecule has 1 aliphatic rings. The highest BCUT2D eigenvalue weighted by Gasteiger charge is 2.30. The number of aryl methyl sites for hydroxylation is 2. The first-order valence-corrected chi connectivity index (χ1v) is 15.4. The lowest BCUT2D eigenvalue weighted by atomic mass is 10.0. The molecule has 0 spiro atoms. The number of nitrogens with zero attached hydrogens (tertiary/aromatic N) is 3. The van der Waals surface area contributed by atoms with Crippen molar-refractivity contribution in [1.29, 1.82) is 0 Å². The predicted molar refractivity (Wildman–Crippen MR) is 166 cm³/mol. The minimum atomic E-state index is -4.40. The third kappa shape index (κ3) is 7.46. The fourth-order valence-electron chi connectivity index (χ4n) is 5.27. The van der Waals surface area contributed by atoms with Crippen molar-refractivity contribution in [2.24, 2.45) is 0 Å². The van der Waals surface area contributed by atoms with Gasteiger partial charge in [0.2, 0.25) is 0 Å². The molecule has 1 aliphatic heterocycles. The summed E-state index contributed by atoms with van der Waals surface area (Å²) in [6.07, 6.45) is -3.65. The Balaban J connectivity index is 1.31. The van der Waals surface area contributed by atoms with Gasteiger partial charge < -0.3 is 10.0 Å². The molecule has 5 nitrogen and oxygen atoms in total. The number of carbonyl (C=O) groups excluding carboxylic acids is 1. The molecule has 2 heterocycles. The number of phenolic OH excluding ortho intramolecular Hbond substituents is 1. The molecule has 0 atom stereocenters. The van der Waals surface area contributed by atoms with Crippen LogP contribution >= 0.6 is 11.3 Å². The molecule has 0 aliphatic carbocycles. The van der Waals surface area contributed by atoms with E-state index in [0.717, 1.165) is 48.9 Å². The number of ketones is 1. The highest BCUT2D eigenvalue weighted by Crippen LogP contribution is 2.34. The number of alkyl halides is 3. The van der Waals surface area contributed by atoms with Gasteiger partial charge in [-0.2, -0.15) is 13.2 Å². The molecule has 9 heteroatoms. The van der Waals surface area contributed by atoms with Crippen molar-refractivity contribution in [2.45, 2.75) is 52.3 Å². The van der Waals surface area contributed by atoms with Crippen molar-refractivity contribution >= 4 is 22.8 Å². The Kier molecular flexibility index (Phi) is 9.22. The highest BCUT2D eigenvalue weighted by atomic mass is 32.1. The normalized spacial score (nSPS) is 14.4. The minimum absolute atomic E-state index is 0.0318. The van der Waals surface area contributed by atoms with Gasteiger partial charge in [0, 0.05) is 60.8 Å². The molecule has 0 bridgehead atoms. The Labute approximate surface area is 254 Å². The van der Waals surface area contributed by atoms with Gasteiger partial charge in [0.1, 0.15) is 10.8 Å². The number of hydrogen-bond donors (Lipinski definition) is 1. The zero-order valence-corrected chi connectivity index (χ0v) is 25.4. The minimum Gasteiger partial charge on any atom is -0.508 e. The first-order chi connectivity index (χ1) is 20.5. The molecule has 1 aromatic heterocycles. The first kappa shape index (κ1) is 30.8. The molecule has 1 fully saturated rings. The number of carbonyl (C=O) groups is 1. The van der Waals surface area contributed by atoms with Gasteiger partial charge in [0.15, 0.2) is 5.78 Å². The molecule has 43 heavy (non-hydrogen) atoms. The van der Waals surface area contributed by atoms with Gasteiger partial charge in [-0.1, -0.05) is 38.1 Å². The largest absolute Gasteiger partial charge is 0.508 e. The zero-order valence-electron chi connectivity index (χ0n) is 24.6. The lowest BCUT2D eigenvalue weighted by Crippen LogP contribution is -2.46. The summed E-state index contributed by atoms with van der Waals surface area (Å²) in [5, 5.41) is 10.5. The SMILES string of the molecule is Cc1cc(C(=O)CCc2sc(-c3ccc(C(F)(F)F)cc3)nc2CN2CCN(c3ccc(C(C)C)cc3)CC2)ccc1O. The molecule has 5 rings (SSSR count). The third-order valence-corrected chi connectivity index (χ3v) is 9.21. The third-order valence-electron chi connectivity index (χ3n) is 8.01. The van der Waals surface area contributed by atoms with Crippen LogP contribution in [0.1, 0.15) is 63.8 Å². The standard InChI is InChI=1S/C34H36F3N3O2S/c1-22(2)24-6-11-28(12-7-24)40-18-16-39(17-19-40)21-29-32(15-14-31(42)26-8-13-30(41)23(3)20-26)43-33(38-29)25-4-9-27(10-5-25)34(35,36)37/h4-13,20,22,41H,14-19,21H2,1-3H3. The summed E-state index contributed by atoms with van der Waals surface area (Å²) in [5.74, 6) is 0.608. The van der Waals surface area contributed by atoms with E-state index in [4.69, 9.17) is 4.98 Å². The summed E-state index contributed by atoms with van der Waals surface area (Å²) in [6.45, 7) is 10.2. The van der Waals surface area contributed by atoms with Gasteiger partial charge in [-0.25, -0.2) is 4.98 Å². The van der Waals surface area contributed by atoms with Crippen LogP contribution in [0.2, 0.25) is 0 Å². The van der Waals surface area contributed by atoms with Crippen molar-refractivity contribution < 1.29 is 23.1 Å². The number of rotatable bonds is 9. The van der Waals surface area contributed by atoms with E-state index < -0.39 is 11.7 Å². The van der Waals surface area contributed by atoms with Gasteiger partial charge in [0.25, 0.3) is 0 Å². The molecule has 1 N–H and O–H groups in total. The van der Waals surface area contributed by atoms with Crippen LogP contribution in [0.25, 0.3) is 10.6 Å². The Bertz CT molecular complexity index is 1560. The molecule has 0 amide bonds. The molecule has 0 saturated carbocycles. The van der Waals surface area contributed by atoms with Crippen LogP contribution in [0.15, 0.2) is 66.7 Å². The van der Waals surface area contributed by atoms with Gasteiger partial charge >= 0.3 is 6.18 Å². The van der Waals surface area contributed by atoms with Crippen molar-refractivity contribution in [3.05, 3.63) is 99.6 Å². The molecule has 0 unspecified atom stereocenters. The molecular weight excluding hydrogens is 571 g/mol. The number of piperazine rings is 1. The van der Waals surface area contributed by atoms with Gasteiger partial charge in [-0.3, -0.25) is 9.69 Å². The second-order valence-electron chi connectivity index (χ2n) is 11.4. The van der Waals surface area contributed by atoms with E-state index in [1.54, 1.807) is 19.1 Å². The van der Waals surface area contributed by atoms with Gasteiger partial charge in [-0.05, 0) is 72.9 Å². The fourth-order valence-corrected chi connectivity index (χ4v) is 6.35. The summed E-state index contributed by atoms with van der Waals surface area (Å²) in [5.41, 5.74) is 4.52. The molecule has 1 saturated heterocycles. The zero-order chi connectivity index (χ0) is 30.7. The van der Waals surface area contributed by atoms with Crippen LogP contribution in [0, 0.1) is 6.92 Å². The van der Waals surface area contributed by atoms with Gasteiger partial charge in [0.05, 0.1) is 11.3 Å². The van der Waals surface area contributed by atoms with E-state index in [1.807, 2.05) is 0 Å². The predicted octanol–water partition coefficient (Wildman–Crippen LogP) is 8.10. The number of hydrogen-bond acceptors (Lipinski definition) is 6. The van der Waals surface area contributed by atoms with E-state index in [1.165, 1.54) is 40.8 Å². The summed E-state index contributed by atoms with van der Waals surface area (Å²) in [6, 6.07) is 18.7. The number of aromatic nitrogens is 1. The van der Waals surface area contributed by atoms with E-state index in [2.05, 4.69) is 47.9 Å². The van der Waals surface area contributed by atoms with Gasteiger partial charge in [-0.15, -0.1) is 11.3 Å². The molecule has 226 valence electrons. The summed E-state index contributed by atoms with van der Waals surface area (Å²) < 4.78 is 39.4. The average Bonchev–Trinajstić information content (AvgIpc) is 3.39. The fraction of sp³-hybridized carbons (Fsp3) is 0.353. The van der Waals surface area contributed by atoms with E-state index in [-0.39, 0.29) is 18.0 Å². The molecule has 0 radical (unpaired) electrons. The van der Waals surface area contributed by atoms with E-state index in [9.17, 15) is 23.1 Å². The Morgan fingerprint density at radius 2 is 1.65 bits per heavy atom. The van der Waals surface area contributed by atoms with Crippen LogP contribution in [0.5, 0.6) is 5.75 Å². The van der Waals surface area contributed by atoms with Crippen LogP contribution in [0.4, 0.5) is 18.9 Å². The Morgan fingerprint density at radius 3 is 2.26 bits per heavy atom. The van der Waals surface area contributed by atoms with Crippen LogP contribution < -0.4 is 4.90 Å². The van der Waals surface area contributed by atoms with Crippen molar-refractivity contribution in [2.75, 3.05) is 31.1 Å². The number of anilines is 1. The summed E-state index contributed by atoms with van der Waals surface area (Å²) in [4.78, 5) is 23.6. The number of thiazole rings is 1. The molecule has 4 aromatic rings. The smallest absolute Gasteiger partial charge is 0.416 e. The Morgan fingerprint density at radius 1 is 0.977 bits per heavy atom. The maximum absolute atomic E-state index is 13.1. The lowest BCUT2D eigenvalue weighted by molar-refractivity contribution is -0.137. The first-order valence-electron chi connectivity index (χ1n) is 14.5. The van der Waals surface area contributed by atoms with Crippen LogP contribution in [-0.4, -0.2) is 47.0 Å². The maximum atomic E-state index is 13.1. The number of benzene rings is 3. The van der Waals surface area contributed by atoms with Crippen LogP contribution in [-0.2, 0) is 19.1 Å². The quantitative estimate of drug-likeness (QED) is 0.195. The number of Topliss-reactive ketones (excluding diaryl/α,β-unsaturated/α-hetero) is 1. The summed E-state index contributed by atoms with van der Waals surface area (Å²) >= 11 is 1.44. The van der Waals surface area contributed by atoms with Crippen molar-refractivity contribution in [1.82, 2.24) is 9.88 Å². The Hall–Kier alpha value is -3.69. The number of phenols is 1. The number of halogens is 3. The maximum Gasteiger partial charge on any atom is 0.416 e. The van der Waals surface area contributed by atoms with E-state index in [0.29, 0.717) is 40.6 Å². The van der Waals surface area contributed by atoms with E-state index >= 15 is 0 Å². The highest BCUT2D eigenvalue weighted by molar-refractivity contribution is 7.15. The number of aromatic hydroxyl groups is 1. The van der Waals surface area contributed by atoms with Crippen molar-refractivity contribution in [3.8, 4) is 16.3 Å². The monoisotopic (exact) mass is 607 g/mol. The second-order valence-corrected chi connectivity index (χ2v) is 12.5. The van der Waals surface area contributed by atoms with Crippen LogP contribution in [0.3, 0.4) is 0 Å². The summed E-state index contributed by atoms with van der Waals surface area (Å²) in [7, 11) is 0. The lowest BCUT2D eigenvalue weighted by Gasteiger charge is -2.36. The molecule has 3 aromatic carbocycles. The topological polar surface area (TPSA) is 56.7 Å².